The highest BCUT2D eigenvalue weighted by atomic mass is 79.9. The summed E-state index contributed by atoms with van der Waals surface area (Å²) in [6.07, 6.45) is 7.89. The minimum atomic E-state index is -0.104. The molecule has 0 aliphatic carbocycles. The van der Waals surface area contributed by atoms with Crippen molar-refractivity contribution in [1.29, 1.82) is 0 Å². The minimum Gasteiger partial charge on any atom is -0.472 e. The summed E-state index contributed by atoms with van der Waals surface area (Å²) >= 11 is 5.10. The summed E-state index contributed by atoms with van der Waals surface area (Å²) < 4.78 is 6.03. The Morgan fingerprint density at radius 2 is 1.87 bits per heavy atom. The molecule has 154 valence electrons. The molecular weight excluding hydrogens is 464 g/mol. The first-order valence-electron chi connectivity index (χ1n) is 9.74. The van der Waals surface area contributed by atoms with Crippen LogP contribution < -0.4 is 5.32 Å². The van der Waals surface area contributed by atoms with Crippen molar-refractivity contribution < 1.29 is 14.0 Å². The molecule has 3 heterocycles. The van der Waals surface area contributed by atoms with Gasteiger partial charge < -0.3 is 14.6 Å². The Kier molecular flexibility index (Phi) is 6.50. The van der Waals surface area contributed by atoms with Crippen LogP contribution in [0.2, 0.25) is 0 Å². The monoisotopic (exact) mass is 484 g/mol. The summed E-state index contributed by atoms with van der Waals surface area (Å²) in [5, 5.41) is 3.05. The van der Waals surface area contributed by atoms with Gasteiger partial charge in [0.1, 0.15) is 6.26 Å². The lowest BCUT2D eigenvalue weighted by molar-refractivity contribution is -0.117. The van der Waals surface area contributed by atoms with Crippen molar-refractivity contribution in [1.82, 2.24) is 10.2 Å². The number of carbonyl (C=O) groups is 2. The standard InChI is InChI=1S/C23H21BrN2O3S/c24-18-3-1-16(2-4-18)21-7-5-20(30-21)6-8-22(27)25-19-9-12-26(13-10-19)23(28)17-11-14-29-15-17/h1-8,11,14-15,19H,9-10,12-13H2,(H,25,27)/b8-6+. The van der Waals surface area contributed by atoms with Gasteiger partial charge in [0.05, 0.1) is 11.8 Å². The number of nitrogens with one attached hydrogen (secondary N) is 1. The third kappa shape index (κ3) is 5.09. The molecule has 3 aromatic rings. The van der Waals surface area contributed by atoms with Crippen molar-refractivity contribution in [3.63, 3.8) is 0 Å². The number of nitrogens with zero attached hydrogens (tertiary/aromatic N) is 1. The van der Waals surface area contributed by atoms with Gasteiger partial charge in [-0.1, -0.05) is 28.1 Å². The molecule has 2 aromatic heterocycles. The number of hydrogen-bond donors (Lipinski definition) is 1. The number of rotatable bonds is 5. The third-order valence-corrected chi connectivity index (χ3v) is 6.68. The third-order valence-electron chi connectivity index (χ3n) is 5.05. The van der Waals surface area contributed by atoms with Crippen LogP contribution in [0, 0.1) is 0 Å². The summed E-state index contributed by atoms with van der Waals surface area (Å²) in [5.41, 5.74) is 1.72. The molecule has 1 aliphatic heterocycles. The maximum atomic E-state index is 12.3. The van der Waals surface area contributed by atoms with E-state index in [1.54, 1.807) is 28.4 Å². The summed E-state index contributed by atoms with van der Waals surface area (Å²) in [4.78, 5) is 28.6. The van der Waals surface area contributed by atoms with Gasteiger partial charge in [0.2, 0.25) is 5.91 Å². The average molecular weight is 485 g/mol. The number of carbonyl (C=O) groups excluding carboxylic acids is 2. The highest BCUT2D eigenvalue weighted by Gasteiger charge is 2.24. The number of furan rings is 1. The predicted octanol–water partition coefficient (Wildman–Crippen LogP) is 5.20. The van der Waals surface area contributed by atoms with Crippen LogP contribution in [0.4, 0.5) is 0 Å². The molecule has 0 bridgehead atoms. The van der Waals surface area contributed by atoms with Crippen molar-refractivity contribution in [3.05, 3.63) is 76.0 Å². The van der Waals surface area contributed by atoms with E-state index < -0.39 is 0 Å². The smallest absolute Gasteiger partial charge is 0.257 e. The fraction of sp³-hybridized carbons (Fsp3) is 0.217. The second kappa shape index (κ2) is 9.45. The lowest BCUT2D eigenvalue weighted by atomic mass is 10.0. The minimum absolute atomic E-state index is 0.0207. The van der Waals surface area contributed by atoms with Gasteiger partial charge in [-0.2, -0.15) is 0 Å². The molecule has 1 aliphatic rings. The van der Waals surface area contributed by atoms with Crippen LogP contribution in [0.25, 0.3) is 16.5 Å². The number of piperidine rings is 1. The van der Waals surface area contributed by atoms with E-state index >= 15 is 0 Å². The van der Waals surface area contributed by atoms with Crippen LogP contribution in [-0.4, -0.2) is 35.8 Å². The highest BCUT2D eigenvalue weighted by Crippen LogP contribution is 2.29. The molecule has 1 aromatic carbocycles. The quantitative estimate of drug-likeness (QED) is 0.505. The molecular formula is C23H21BrN2O3S. The molecule has 0 saturated carbocycles. The van der Waals surface area contributed by atoms with Crippen molar-refractivity contribution in [2.45, 2.75) is 18.9 Å². The summed E-state index contributed by atoms with van der Waals surface area (Å²) in [5.74, 6) is -0.124. The molecule has 2 amide bonds. The van der Waals surface area contributed by atoms with Gasteiger partial charge in [-0.15, -0.1) is 11.3 Å². The van der Waals surface area contributed by atoms with Crippen LogP contribution in [0.3, 0.4) is 0 Å². The van der Waals surface area contributed by atoms with Crippen LogP contribution in [0.5, 0.6) is 0 Å². The second-order valence-electron chi connectivity index (χ2n) is 7.13. The maximum absolute atomic E-state index is 12.3. The Labute approximate surface area is 187 Å². The van der Waals surface area contributed by atoms with Crippen LogP contribution in [-0.2, 0) is 4.79 Å². The van der Waals surface area contributed by atoms with Crippen molar-refractivity contribution in [3.8, 4) is 10.4 Å². The molecule has 30 heavy (non-hydrogen) atoms. The summed E-state index contributed by atoms with van der Waals surface area (Å²) in [7, 11) is 0. The van der Waals surface area contributed by atoms with Gasteiger partial charge in [0, 0.05) is 39.4 Å². The van der Waals surface area contributed by atoms with E-state index in [1.165, 1.54) is 12.5 Å². The average Bonchev–Trinajstić information content (AvgIpc) is 3.45. The molecule has 0 unspecified atom stereocenters. The molecule has 4 rings (SSSR count). The topological polar surface area (TPSA) is 62.6 Å². The van der Waals surface area contributed by atoms with E-state index in [9.17, 15) is 9.59 Å². The van der Waals surface area contributed by atoms with Gasteiger partial charge >= 0.3 is 0 Å². The van der Waals surface area contributed by atoms with Gasteiger partial charge in [0.25, 0.3) is 5.91 Å². The van der Waals surface area contributed by atoms with Crippen molar-refractivity contribution in [2.24, 2.45) is 0 Å². The van der Waals surface area contributed by atoms with Crippen LogP contribution >= 0.6 is 27.3 Å². The van der Waals surface area contributed by atoms with E-state index in [4.69, 9.17) is 4.42 Å². The lowest BCUT2D eigenvalue weighted by Crippen LogP contribution is -2.46. The van der Waals surface area contributed by atoms with E-state index in [0.717, 1.165) is 32.6 Å². The van der Waals surface area contributed by atoms with E-state index in [2.05, 4.69) is 39.4 Å². The molecule has 1 N–H and O–H groups in total. The van der Waals surface area contributed by atoms with E-state index in [1.807, 2.05) is 24.3 Å². The number of hydrogen-bond acceptors (Lipinski definition) is 4. The number of benzene rings is 1. The molecule has 5 nitrogen and oxygen atoms in total. The molecule has 1 saturated heterocycles. The largest absolute Gasteiger partial charge is 0.472 e. The summed E-state index contributed by atoms with van der Waals surface area (Å²) in [6, 6.07) is 14.0. The van der Waals surface area contributed by atoms with Gasteiger partial charge in [0.15, 0.2) is 0 Å². The Balaban J connectivity index is 1.27. The zero-order valence-electron chi connectivity index (χ0n) is 16.2. The molecule has 7 heteroatoms. The first-order valence-corrected chi connectivity index (χ1v) is 11.4. The van der Waals surface area contributed by atoms with Crippen LogP contribution in [0.1, 0.15) is 28.1 Å². The SMILES string of the molecule is O=C(/C=C/c1ccc(-c2ccc(Br)cc2)s1)NC1CCN(C(=O)c2ccoc2)CC1. The maximum Gasteiger partial charge on any atom is 0.257 e. The molecule has 0 radical (unpaired) electrons. The Bertz CT molecular complexity index is 1030. The zero-order chi connectivity index (χ0) is 20.9. The van der Waals surface area contributed by atoms with E-state index in [0.29, 0.717) is 18.7 Å². The Morgan fingerprint density at radius 1 is 1.10 bits per heavy atom. The number of halogens is 1. The van der Waals surface area contributed by atoms with Gasteiger partial charge in [-0.3, -0.25) is 9.59 Å². The van der Waals surface area contributed by atoms with Crippen molar-refractivity contribution >= 4 is 45.2 Å². The molecule has 1 fully saturated rings. The van der Waals surface area contributed by atoms with E-state index in [-0.39, 0.29) is 17.9 Å². The second-order valence-corrected chi connectivity index (χ2v) is 9.16. The fourth-order valence-electron chi connectivity index (χ4n) is 3.41. The zero-order valence-corrected chi connectivity index (χ0v) is 18.6. The number of likely N-dealkylation sites (tertiary alicyclic amines) is 1. The molecule has 0 atom stereocenters. The normalized spacial score (nSPS) is 14.9. The predicted molar refractivity (Wildman–Crippen MR) is 122 cm³/mol. The highest BCUT2D eigenvalue weighted by molar-refractivity contribution is 9.10. The lowest BCUT2D eigenvalue weighted by Gasteiger charge is -2.32. The Morgan fingerprint density at radius 3 is 2.57 bits per heavy atom. The van der Waals surface area contributed by atoms with Gasteiger partial charge in [-0.25, -0.2) is 0 Å². The number of thiophene rings is 1. The van der Waals surface area contributed by atoms with Crippen LogP contribution in [0.15, 0.2) is 70.0 Å². The molecule has 0 spiro atoms. The Hall–Kier alpha value is -2.64. The first-order chi connectivity index (χ1) is 14.6. The fourth-order valence-corrected chi connectivity index (χ4v) is 4.59. The summed E-state index contributed by atoms with van der Waals surface area (Å²) in [6.45, 7) is 1.25. The van der Waals surface area contributed by atoms with Gasteiger partial charge in [-0.05, 0) is 54.8 Å². The number of amides is 2. The first kappa shape index (κ1) is 20.6. The van der Waals surface area contributed by atoms with Crippen molar-refractivity contribution in [2.75, 3.05) is 13.1 Å².